The lowest BCUT2D eigenvalue weighted by Gasteiger charge is -2.32. The maximum absolute atomic E-state index is 12.4. The first-order chi connectivity index (χ1) is 12.6. The highest BCUT2D eigenvalue weighted by molar-refractivity contribution is 5.84. The van der Waals surface area contributed by atoms with Gasteiger partial charge in [-0.15, -0.1) is 0 Å². The van der Waals surface area contributed by atoms with Crippen molar-refractivity contribution in [2.45, 2.75) is 52.2 Å². The number of esters is 1. The van der Waals surface area contributed by atoms with Gasteiger partial charge in [0, 0.05) is 24.7 Å². The van der Waals surface area contributed by atoms with Crippen LogP contribution >= 0.6 is 0 Å². The van der Waals surface area contributed by atoms with Gasteiger partial charge in [-0.2, -0.15) is 0 Å². The average molecular weight is 377 g/mol. The molecule has 1 atom stereocenters. The van der Waals surface area contributed by atoms with Crippen molar-refractivity contribution < 1.29 is 19.2 Å². The third kappa shape index (κ3) is 5.67. The molecule has 0 bridgehead atoms. The molecule has 8 nitrogen and oxygen atoms in total. The van der Waals surface area contributed by atoms with Crippen molar-refractivity contribution in [3.05, 3.63) is 34.4 Å². The predicted octanol–water partition coefficient (Wildman–Crippen LogP) is 2.66. The molecule has 0 aromatic heterocycles. The van der Waals surface area contributed by atoms with Crippen LogP contribution < -0.4 is 10.2 Å². The number of nitrogens with one attached hydrogen (secondary N) is 1. The maximum atomic E-state index is 12.4. The molecule has 1 heterocycles. The number of carbonyl (C=O) groups excluding carboxylic acids is 2. The van der Waals surface area contributed by atoms with E-state index in [0.717, 1.165) is 0 Å². The van der Waals surface area contributed by atoms with Gasteiger partial charge in [0.05, 0.1) is 10.8 Å². The average Bonchev–Trinajstić information content (AvgIpc) is 2.60. The second kappa shape index (κ2) is 8.37. The lowest BCUT2D eigenvalue weighted by atomic mass is 9.96. The first-order valence-corrected chi connectivity index (χ1v) is 9.09. The van der Waals surface area contributed by atoms with Crippen molar-refractivity contribution in [2.24, 2.45) is 5.92 Å². The fraction of sp³-hybridized carbons (Fsp3) is 0.579. The van der Waals surface area contributed by atoms with Crippen LogP contribution in [0.25, 0.3) is 0 Å². The van der Waals surface area contributed by atoms with Crippen molar-refractivity contribution in [2.75, 3.05) is 18.0 Å². The number of amides is 1. The van der Waals surface area contributed by atoms with Crippen LogP contribution in [0.15, 0.2) is 24.3 Å². The van der Waals surface area contributed by atoms with Crippen molar-refractivity contribution >= 4 is 23.3 Å². The van der Waals surface area contributed by atoms with E-state index in [1.165, 1.54) is 6.07 Å². The van der Waals surface area contributed by atoms with E-state index in [0.29, 0.717) is 31.6 Å². The number of hydrogen-bond acceptors (Lipinski definition) is 6. The summed E-state index contributed by atoms with van der Waals surface area (Å²) in [6, 6.07) is 6.59. The molecule has 1 fully saturated rings. The Morgan fingerprint density at radius 2 is 1.85 bits per heavy atom. The van der Waals surface area contributed by atoms with Gasteiger partial charge in [-0.1, -0.05) is 12.1 Å². The zero-order valence-electron chi connectivity index (χ0n) is 16.2. The van der Waals surface area contributed by atoms with Crippen LogP contribution in [0.1, 0.15) is 40.5 Å². The molecule has 1 aromatic carbocycles. The standard InChI is InChI=1S/C19H27N3O5/c1-13(17(23)20-19(2,3)4)27-18(24)14-9-11-21(12-10-14)15-7-5-6-8-16(15)22(25)26/h5-8,13-14H,9-12H2,1-4H3,(H,20,23)/t13-/m1/s1. The van der Waals surface area contributed by atoms with E-state index in [-0.39, 0.29) is 17.5 Å². The Labute approximate surface area is 159 Å². The molecule has 1 aliphatic heterocycles. The summed E-state index contributed by atoms with van der Waals surface area (Å²) in [4.78, 5) is 37.1. The van der Waals surface area contributed by atoms with Crippen LogP contribution in [0.3, 0.4) is 0 Å². The van der Waals surface area contributed by atoms with Crippen LogP contribution in [0, 0.1) is 16.0 Å². The van der Waals surface area contributed by atoms with Gasteiger partial charge >= 0.3 is 5.97 Å². The molecule has 1 saturated heterocycles. The zero-order valence-corrected chi connectivity index (χ0v) is 16.2. The fourth-order valence-corrected chi connectivity index (χ4v) is 3.04. The van der Waals surface area contributed by atoms with Crippen LogP contribution in [0.5, 0.6) is 0 Å². The maximum Gasteiger partial charge on any atom is 0.309 e. The molecule has 27 heavy (non-hydrogen) atoms. The summed E-state index contributed by atoms with van der Waals surface area (Å²) in [7, 11) is 0. The molecule has 0 radical (unpaired) electrons. The molecular weight excluding hydrogens is 350 g/mol. The van der Waals surface area contributed by atoms with Crippen molar-refractivity contribution in [3.8, 4) is 0 Å². The molecule has 1 aromatic rings. The number of hydrogen-bond donors (Lipinski definition) is 1. The van der Waals surface area contributed by atoms with Crippen LogP contribution in [0.4, 0.5) is 11.4 Å². The highest BCUT2D eigenvalue weighted by atomic mass is 16.6. The summed E-state index contributed by atoms with van der Waals surface area (Å²) in [5, 5.41) is 14.0. The fourth-order valence-electron chi connectivity index (χ4n) is 3.04. The summed E-state index contributed by atoms with van der Waals surface area (Å²) >= 11 is 0. The highest BCUT2D eigenvalue weighted by Gasteiger charge is 2.31. The molecule has 1 N–H and O–H groups in total. The molecule has 0 aliphatic carbocycles. The summed E-state index contributed by atoms with van der Waals surface area (Å²) in [5.74, 6) is -1.03. The van der Waals surface area contributed by atoms with E-state index in [9.17, 15) is 19.7 Å². The summed E-state index contributed by atoms with van der Waals surface area (Å²) in [6.45, 7) is 8.18. The number of carbonyl (C=O) groups is 2. The quantitative estimate of drug-likeness (QED) is 0.481. The normalized spacial score (nSPS) is 16.5. The van der Waals surface area contributed by atoms with Crippen LogP contribution in [-0.2, 0) is 14.3 Å². The second-order valence-corrected chi connectivity index (χ2v) is 7.83. The third-order valence-electron chi connectivity index (χ3n) is 4.41. The van der Waals surface area contributed by atoms with E-state index >= 15 is 0 Å². The topological polar surface area (TPSA) is 102 Å². The first-order valence-electron chi connectivity index (χ1n) is 9.09. The first kappa shape index (κ1) is 20.7. The largest absolute Gasteiger partial charge is 0.452 e. The van der Waals surface area contributed by atoms with E-state index in [1.54, 1.807) is 25.1 Å². The smallest absolute Gasteiger partial charge is 0.309 e. The number of rotatable bonds is 5. The van der Waals surface area contributed by atoms with Crippen molar-refractivity contribution in [1.82, 2.24) is 5.32 Å². The number of nitrogens with zero attached hydrogens (tertiary/aromatic N) is 2. The minimum absolute atomic E-state index is 0.0611. The van der Waals surface area contributed by atoms with E-state index < -0.39 is 22.5 Å². The number of nitro benzene ring substituents is 1. The van der Waals surface area contributed by atoms with E-state index in [1.807, 2.05) is 25.7 Å². The van der Waals surface area contributed by atoms with Gasteiger partial charge in [0.2, 0.25) is 0 Å². The number of anilines is 1. The lowest BCUT2D eigenvalue weighted by molar-refractivity contribution is -0.384. The molecular formula is C19H27N3O5. The minimum atomic E-state index is -0.857. The lowest BCUT2D eigenvalue weighted by Crippen LogP contribution is -2.47. The van der Waals surface area contributed by atoms with Crippen molar-refractivity contribution in [3.63, 3.8) is 0 Å². The molecule has 148 valence electrons. The number of ether oxygens (including phenoxy) is 1. The van der Waals surface area contributed by atoms with Gasteiger partial charge < -0.3 is 15.0 Å². The molecule has 0 unspecified atom stereocenters. The Kier molecular flexibility index (Phi) is 6.41. The van der Waals surface area contributed by atoms with E-state index in [4.69, 9.17) is 4.74 Å². The number of piperidine rings is 1. The molecule has 0 spiro atoms. The summed E-state index contributed by atoms with van der Waals surface area (Å²) in [5.41, 5.74) is 0.228. The second-order valence-electron chi connectivity index (χ2n) is 7.83. The van der Waals surface area contributed by atoms with Gasteiger partial charge in [-0.05, 0) is 46.6 Å². The summed E-state index contributed by atoms with van der Waals surface area (Å²) < 4.78 is 5.32. The minimum Gasteiger partial charge on any atom is -0.452 e. The Hall–Kier alpha value is -2.64. The van der Waals surface area contributed by atoms with E-state index in [2.05, 4.69) is 5.32 Å². The van der Waals surface area contributed by atoms with Gasteiger partial charge in [0.25, 0.3) is 11.6 Å². The molecule has 0 saturated carbocycles. The van der Waals surface area contributed by atoms with Gasteiger partial charge in [-0.3, -0.25) is 19.7 Å². The van der Waals surface area contributed by atoms with Crippen LogP contribution in [-0.4, -0.2) is 41.5 Å². The monoisotopic (exact) mass is 377 g/mol. The predicted molar refractivity (Wildman–Crippen MR) is 101 cm³/mol. The number of nitro groups is 1. The molecule has 2 rings (SSSR count). The SMILES string of the molecule is C[C@@H](OC(=O)C1CCN(c2ccccc2[N+](=O)[O-])CC1)C(=O)NC(C)(C)C. The molecule has 8 heteroatoms. The Balaban J connectivity index is 1.91. The van der Waals surface area contributed by atoms with Gasteiger partial charge in [0.1, 0.15) is 5.69 Å². The van der Waals surface area contributed by atoms with Gasteiger partial charge in [-0.25, -0.2) is 0 Å². The van der Waals surface area contributed by atoms with Crippen LogP contribution in [0.2, 0.25) is 0 Å². The number of para-hydroxylation sites is 2. The Morgan fingerprint density at radius 3 is 2.41 bits per heavy atom. The Bertz CT molecular complexity index is 706. The zero-order chi connectivity index (χ0) is 20.2. The molecule has 1 amide bonds. The Morgan fingerprint density at radius 1 is 1.26 bits per heavy atom. The highest BCUT2D eigenvalue weighted by Crippen LogP contribution is 2.31. The third-order valence-corrected chi connectivity index (χ3v) is 4.41. The van der Waals surface area contributed by atoms with Crippen molar-refractivity contribution in [1.29, 1.82) is 0 Å². The summed E-state index contributed by atoms with van der Waals surface area (Å²) in [6.07, 6.45) is 0.196. The molecule has 1 aliphatic rings. The number of benzene rings is 1. The van der Waals surface area contributed by atoms with Gasteiger partial charge in [0.15, 0.2) is 6.10 Å².